The Morgan fingerprint density at radius 2 is 1.79 bits per heavy atom. The molecule has 100 valence electrons. The lowest BCUT2D eigenvalue weighted by atomic mass is 10.1. The van der Waals surface area contributed by atoms with Crippen molar-refractivity contribution in [3.05, 3.63) is 47.7 Å². The summed E-state index contributed by atoms with van der Waals surface area (Å²) in [6.45, 7) is 3.81. The van der Waals surface area contributed by atoms with Crippen LogP contribution in [0, 0.1) is 13.8 Å². The molecule has 0 aliphatic carbocycles. The normalized spacial score (nSPS) is 11.3. The number of anilines is 2. The maximum absolute atomic E-state index is 12.2. The van der Waals surface area contributed by atoms with Gasteiger partial charge in [0, 0.05) is 11.9 Å². The molecule has 1 heterocycles. The van der Waals surface area contributed by atoms with Gasteiger partial charge in [0.05, 0.1) is 5.69 Å². The van der Waals surface area contributed by atoms with Gasteiger partial charge in [-0.3, -0.25) is 4.72 Å². The molecule has 0 atom stereocenters. The number of aromatic nitrogens is 1. The molecule has 6 heteroatoms. The van der Waals surface area contributed by atoms with E-state index in [1.807, 2.05) is 19.9 Å². The summed E-state index contributed by atoms with van der Waals surface area (Å²) in [6.07, 6.45) is 1.40. The molecule has 1 aromatic heterocycles. The summed E-state index contributed by atoms with van der Waals surface area (Å²) in [4.78, 5) is 3.82. The molecule has 0 saturated heterocycles. The number of hydrogen-bond donors (Lipinski definition) is 2. The van der Waals surface area contributed by atoms with Crippen LogP contribution in [0.25, 0.3) is 0 Å². The number of nitrogens with two attached hydrogens (primary N) is 1. The van der Waals surface area contributed by atoms with E-state index in [0.29, 0.717) is 5.69 Å². The topological polar surface area (TPSA) is 85.1 Å². The van der Waals surface area contributed by atoms with Gasteiger partial charge >= 0.3 is 0 Å². The number of nitrogen functional groups attached to an aromatic ring is 1. The van der Waals surface area contributed by atoms with Gasteiger partial charge in [0.25, 0.3) is 10.0 Å². The zero-order valence-electron chi connectivity index (χ0n) is 10.7. The first-order valence-corrected chi connectivity index (χ1v) is 7.18. The van der Waals surface area contributed by atoms with Gasteiger partial charge in [-0.1, -0.05) is 6.07 Å². The minimum absolute atomic E-state index is 0.124. The lowest BCUT2D eigenvalue weighted by Crippen LogP contribution is -2.16. The van der Waals surface area contributed by atoms with Crippen molar-refractivity contribution in [2.24, 2.45) is 0 Å². The highest BCUT2D eigenvalue weighted by molar-refractivity contribution is 7.92. The van der Waals surface area contributed by atoms with Crippen LogP contribution < -0.4 is 10.5 Å². The Morgan fingerprint density at radius 3 is 2.37 bits per heavy atom. The molecule has 0 aliphatic heterocycles. The number of nitrogens with zero attached hydrogens (tertiary/aromatic N) is 1. The number of nitrogens with one attached hydrogen (secondary N) is 1. The van der Waals surface area contributed by atoms with Crippen LogP contribution in [0.15, 0.2) is 41.6 Å². The lowest BCUT2D eigenvalue weighted by molar-refractivity contribution is 0.598. The van der Waals surface area contributed by atoms with Crippen LogP contribution in [0.2, 0.25) is 0 Å². The molecule has 0 amide bonds. The van der Waals surface area contributed by atoms with Crippen molar-refractivity contribution in [2.45, 2.75) is 18.9 Å². The van der Waals surface area contributed by atoms with Crippen molar-refractivity contribution in [1.82, 2.24) is 4.98 Å². The molecular weight excluding hydrogens is 262 g/mol. The average molecular weight is 277 g/mol. The molecule has 0 aliphatic rings. The fourth-order valence-electron chi connectivity index (χ4n) is 1.86. The SMILES string of the molecule is Cc1cc(C)cc(NS(=O)(=O)c2ncccc2N)c1. The maximum atomic E-state index is 12.2. The molecule has 0 saturated carbocycles. The van der Waals surface area contributed by atoms with Gasteiger partial charge in [0.15, 0.2) is 5.03 Å². The number of aryl methyl sites for hydroxylation is 2. The summed E-state index contributed by atoms with van der Waals surface area (Å²) in [5.74, 6) is 0. The number of rotatable bonds is 3. The first-order valence-electron chi connectivity index (χ1n) is 5.70. The quantitative estimate of drug-likeness (QED) is 0.899. The summed E-state index contributed by atoms with van der Waals surface area (Å²) in [5.41, 5.74) is 8.22. The molecule has 1 aromatic carbocycles. The Labute approximate surface area is 112 Å². The van der Waals surface area contributed by atoms with Crippen LogP contribution in [-0.2, 0) is 10.0 Å². The monoisotopic (exact) mass is 277 g/mol. The predicted octanol–water partition coefficient (Wildman–Crippen LogP) is 2.08. The second-order valence-electron chi connectivity index (χ2n) is 4.38. The number of benzene rings is 1. The molecule has 0 spiro atoms. The van der Waals surface area contributed by atoms with Crippen molar-refractivity contribution in [3.8, 4) is 0 Å². The van der Waals surface area contributed by atoms with E-state index in [0.717, 1.165) is 11.1 Å². The summed E-state index contributed by atoms with van der Waals surface area (Å²) in [5, 5.41) is -0.158. The van der Waals surface area contributed by atoms with E-state index in [4.69, 9.17) is 5.73 Å². The minimum Gasteiger partial charge on any atom is -0.396 e. The molecule has 3 N–H and O–H groups in total. The van der Waals surface area contributed by atoms with Gasteiger partial charge in [-0.15, -0.1) is 0 Å². The summed E-state index contributed by atoms with van der Waals surface area (Å²) in [7, 11) is -3.76. The third-order valence-corrected chi connectivity index (χ3v) is 3.88. The van der Waals surface area contributed by atoms with Crippen molar-refractivity contribution in [1.29, 1.82) is 0 Å². The fourth-order valence-corrected chi connectivity index (χ4v) is 2.97. The smallest absolute Gasteiger partial charge is 0.281 e. The second-order valence-corrected chi connectivity index (χ2v) is 5.98. The Morgan fingerprint density at radius 1 is 1.16 bits per heavy atom. The molecule has 5 nitrogen and oxygen atoms in total. The van der Waals surface area contributed by atoms with Crippen molar-refractivity contribution < 1.29 is 8.42 Å². The van der Waals surface area contributed by atoms with Gasteiger partial charge in [0.1, 0.15) is 0 Å². The molecule has 2 aromatic rings. The first-order chi connectivity index (χ1) is 8.88. The van der Waals surface area contributed by atoms with Gasteiger partial charge in [-0.05, 0) is 49.2 Å². The Balaban J connectivity index is 2.39. The Hall–Kier alpha value is -2.08. The highest BCUT2D eigenvalue weighted by Gasteiger charge is 2.18. The van der Waals surface area contributed by atoms with Crippen molar-refractivity contribution >= 4 is 21.4 Å². The van der Waals surface area contributed by atoms with E-state index in [1.165, 1.54) is 12.3 Å². The van der Waals surface area contributed by atoms with Gasteiger partial charge in [0.2, 0.25) is 0 Å². The van der Waals surface area contributed by atoms with Gasteiger partial charge in [-0.2, -0.15) is 8.42 Å². The van der Waals surface area contributed by atoms with E-state index in [9.17, 15) is 8.42 Å². The fraction of sp³-hybridized carbons (Fsp3) is 0.154. The minimum atomic E-state index is -3.76. The van der Waals surface area contributed by atoms with Crippen molar-refractivity contribution in [3.63, 3.8) is 0 Å². The van der Waals surface area contributed by atoms with Crippen LogP contribution in [0.4, 0.5) is 11.4 Å². The second kappa shape index (κ2) is 4.89. The van der Waals surface area contributed by atoms with Crippen LogP contribution in [-0.4, -0.2) is 13.4 Å². The third-order valence-electron chi connectivity index (χ3n) is 2.53. The van der Waals surface area contributed by atoms with E-state index in [1.54, 1.807) is 18.2 Å². The number of pyridine rings is 1. The highest BCUT2D eigenvalue weighted by Crippen LogP contribution is 2.20. The Bertz CT molecular complexity index is 691. The molecule has 0 bridgehead atoms. The van der Waals surface area contributed by atoms with Gasteiger partial charge < -0.3 is 5.73 Å². The summed E-state index contributed by atoms with van der Waals surface area (Å²) in [6, 6.07) is 8.56. The summed E-state index contributed by atoms with van der Waals surface area (Å²) < 4.78 is 26.9. The molecule has 0 unspecified atom stereocenters. The number of sulfonamides is 1. The maximum Gasteiger partial charge on any atom is 0.281 e. The van der Waals surface area contributed by atoms with E-state index < -0.39 is 10.0 Å². The van der Waals surface area contributed by atoms with Crippen LogP contribution >= 0.6 is 0 Å². The van der Waals surface area contributed by atoms with Crippen LogP contribution in [0.5, 0.6) is 0 Å². The molecule has 0 fully saturated rings. The first kappa shape index (κ1) is 13.4. The average Bonchev–Trinajstić information content (AvgIpc) is 2.26. The molecule has 19 heavy (non-hydrogen) atoms. The third kappa shape index (κ3) is 3.03. The summed E-state index contributed by atoms with van der Waals surface area (Å²) >= 11 is 0. The van der Waals surface area contributed by atoms with Gasteiger partial charge in [-0.25, -0.2) is 4.98 Å². The zero-order valence-corrected chi connectivity index (χ0v) is 11.5. The van der Waals surface area contributed by atoms with E-state index in [2.05, 4.69) is 9.71 Å². The van der Waals surface area contributed by atoms with E-state index >= 15 is 0 Å². The lowest BCUT2D eigenvalue weighted by Gasteiger charge is -2.10. The van der Waals surface area contributed by atoms with Crippen LogP contribution in [0.1, 0.15) is 11.1 Å². The van der Waals surface area contributed by atoms with Crippen molar-refractivity contribution in [2.75, 3.05) is 10.5 Å². The highest BCUT2D eigenvalue weighted by atomic mass is 32.2. The Kier molecular flexibility index (Phi) is 3.44. The largest absolute Gasteiger partial charge is 0.396 e. The van der Waals surface area contributed by atoms with Crippen LogP contribution in [0.3, 0.4) is 0 Å². The molecule has 0 radical (unpaired) electrons. The molecule has 2 rings (SSSR count). The standard InChI is InChI=1S/C13H15N3O2S/c1-9-6-10(2)8-11(7-9)16-19(17,18)13-12(14)4-3-5-15-13/h3-8,16H,14H2,1-2H3. The molecular formula is C13H15N3O2S. The van der Waals surface area contributed by atoms with E-state index in [-0.39, 0.29) is 10.7 Å². The predicted molar refractivity (Wildman–Crippen MR) is 75.4 cm³/mol. The zero-order chi connectivity index (χ0) is 14.0. The number of hydrogen-bond acceptors (Lipinski definition) is 4.